The van der Waals surface area contributed by atoms with E-state index in [2.05, 4.69) is 5.32 Å². The average molecular weight is 451 g/mol. The van der Waals surface area contributed by atoms with E-state index in [1.807, 2.05) is 13.8 Å². The molecule has 3 rings (SSSR count). The first-order valence-corrected chi connectivity index (χ1v) is 12.3. The van der Waals surface area contributed by atoms with Gasteiger partial charge in [0.05, 0.1) is 17.1 Å². The van der Waals surface area contributed by atoms with Gasteiger partial charge in [0.1, 0.15) is 5.00 Å². The zero-order chi connectivity index (χ0) is 21.9. The van der Waals surface area contributed by atoms with Gasteiger partial charge in [-0.2, -0.15) is 4.31 Å². The number of amides is 1. The summed E-state index contributed by atoms with van der Waals surface area (Å²) in [4.78, 5) is 26.4. The zero-order valence-corrected chi connectivity index (χ0v) is 19.0. The summed E-state index contributed by atoms with van der Waals surface area (Å²) >= 11 is 1.31. The zero-order valence-electron chi connectivity index (χ0n) is 17.4. The predicted molar refractivity (Wildman–Crippen MR) is 117 cm³/mol. The van der Waals surface area contributed by atoms with Gasteiger partial charge in [-0.05, 0) is 56.9 Å². The highest BCUT2D eigenvalue weighted by atomic mass is 32.2. The molecule has 0 saturated carbocycles. The number of carbonyl (C=O) groups excluding carboxylic acids is 2. The molecule has 1 amide bonds. The molecule has 1 aliphatic rings. The number of sulfonamides is 1. The molecule has 0 spiro atoms. The third-order valence-corrected chi connectivity index (χ3v) is 8.03. The molecule has 1 aliphatic heterocycles. The van der Waals surface area contributed by atoms with Crippen molar-refractivity contribution in [2.45, 2.75) is 44.9 Å². The summed E-state index contributed by atoms with van der Waals surface area (Å²) in [6.45, 7) is 6.79. The number of esters is 1. The van der Waals surface area contributed by atoms with E-state index in [0.717, 1.165) is 23.3 Å². The lowest BCUT2D eigenvalue weighted by Crippen LogP contribution is -2.28. The maximum Gasteiger partial charge on any atom is 0.341 e. The fraction of sp³-hybridized carbons (Fsp3) is 0.429. The maximum absolute atomic E-state index is 12.9. The SMILES string of the molecule is CCOC(=O)c1c(NC(=O)c2cccc(S(=O)(=O)N3CCCC3)c2)sc(C)c1CC. The summed E-state index contributed by atoms with van der Waals surface area (Å²) in [5.74, 6) is -0.942. The van der Waals surface area contributed by atoms with Crippen molar-refractivity contribution in [2.24, 2.45) is 0 Å². The fourth-order valence-corrected chi connectivity index (χ4v) is 6.25. The van der Waals surface area contributed by atoms with Gasteiger partial charge in [-0.15, -0.1) is 11.3 Å². The fourth-order valence-electron chi connectivity index (χ4n) is 3.56. The van der Waals surface area contributed by atoms with Gasteiger partial charge in [-0.25, -0.2) is 13.2 Å². The van der Waals surface area contributed by atoms with Crippen molar-refractivity contribution in [3.63, 3.8) is 0 Å². The molecule has 7 nitrogen and oxygen atoms in total. The van der Waals surface area contributed by atoms with E-state index < -0.39 is 21.9 Å². The predicted octanol–water partition coefficient (Wildman–Crippen LogP) is 3.83. The quantitative estimate of drug-likeness (QED) is 0.647. The number of hydrogen-bond donors (Lipinski definition) is 1. The van der Waals surface area contributed by atoms with Gasteiger partial charge in [0.25, 0.3) is 5.91 Å². The van der Waals surface area contributed by atoms with Crippen molar-refractivity contribution < 1.29 is 22.7 Å². The maximum atomic E-state index is 12.9. The van der Waals surface area contributed by atoms with Crippen molar-refractivity contribution in [3.05, 3.63) is 45.8 Å². The van der Waals surface area contributed by atoms with Crippen molar-refractivity contribution >= 4 is 38.2 Å². The Kier molecular flexibility index (Phi) is 6.95. The van der Waals surface area contributed by atoms with E-state index in [-0.39, 0.29) is 17.1 Å². The molecule has 2 aromatic rings. The van der Waals surface area contributed by atoms with E-state index >= 15 is 0 Å². The number of anilines is 1. The van der Waals surface area contributed by atoms with Crippen molar-refractivity contribution in [3.8, 4) is 0 Å². The molecule has 1 fully saturated rings. The third kappa shape index (κ3) is 4.43. The Morgan fingerprint density at radius 1 is 1.20 bits per heavy atom. The van der Waals surface area contributed by atoms with Gasteiger partial charge >= 0.3 is 5.97 Å². The van der Waals surface area contributed by atoms with Crippen LogP contribution in [0.15, 0.2) is 29.2 Å². The number of nitrogens with zero attached hydrogens (tertiary/aromatic N) is 1. The minimum atomic E-state index is -3.62. The number of ether oxygens (including phenoxy) is 1. The van der Waals surface area contributed by atoms with Crippen molar-refractivity contribution in [2.75, 3.05) is 25.0 Å². The van der Waals surface area contributed by atoms with Crippen LogP contribution in [0.4, 0.5) is 5.00 Å². The van der Waals surface area contributed by atoms with E-state index in [4.69, 9.17) is 4.74 Å². The average Bonchev–Trinajstić information content (AvgIpc) is 3.36. The van der Waals surface area contributed by atoms with Crippen LogP contribution in [0, 0.1) is 6.92 Å². The first-order valence-electron chi connectivity index (χ1n) is 10.0. The number of carbonyl (C=O) groups is 2. The Hall–Kier alpha value is -2.23. The number of aryl methyl sites for hydroxylation is 1. The molecule has 1 aromatic heterocycles. The summed E-state index contributed by atoms with van der Waals surface area (Å²) in [6, 6.07) is 6.00. The number of rotatable bonds is 7. The molecule has 0 unspecified atom stereocenters. The lowest BCUT2D eigenvalue weighted by molar-refractivity contribution is 0.0527. The second-order valence-corrected chi connectivity index (χ2v) is 10.2. The molecule has 1 aromatic carbocycles. The number of benzene rings is 1. The van der Waals surface area contributed by atoms with Crippen LogP contribution >= 0.6 is 11.3 Å². The summed E-state index contributed by atoms with van der Waals surface area (Å²) in [7, 11) is -3.62. The van der Waals surface area contributed by atoms with E-state index in [1.54, 1.807) is 19.1 Å². The number of hydrogen-bond acceptors (Lipinski definition) is 6. The Labute approximate surface area is 181 Å². The van der Waals surface area contributed by atoms with Crippen molar-refractivity contribution in [1.82, 2.24) is 4.31 Å². The van der Waals surface area contributed by atoms with Crippen LogP contribution in [-0.4, -0.2) is 44.3 Å². The normalized spacial score (nSPS) is 14.6. The van der Waals surface area contributed by atoms with Gasteiger partial charge in [-0.3, -0.25) is 4.79 Å². The standard InChI is InChI=1S/C21H26N2O5S2/c1-4-17-14(3)29-20(18(17)21(25)28-5-2)22-19(24)15-9-8-10-16(13-15)30(26,27)23-11-6-7-12-23/h8-10,13H,4-7,11-12H2,1-3H3,(H,22,24). The van der Waals surface area contributed by atoms with Gasteiger partial charge < -0.3 is 10.1 Å². The lowest BCUT2D eigenvalue weighted by Gasteiger charge is -2.16. The molecule has 1 saturated heterocycles. The highest BCUT2D eigenvalue weighted by Crippen LogP contribution is 2.34. The minimum Gasteiger partial charge on any atom is -0.462 e. The summed E-state index contributed by atoms with van der Waals surface area (Å²) in [6.07, 6.45) is 2.32. The van der Waals surface area contributed by atoms with Crippen LogP contribution in [0.2, 0.25) is 0 Å². The highest BCUT2D eigenvalue weighted by Gasteiger charge is 2.28. The Morgan fingerprint density at radius 2 is 1.90 bits per heavy atom. The lowest BCUT2D eigenvalue weighted by atomic mass is 10.1. The molecule has 9 heteroatoms. The molecule has 0 radical (unpaired) electrons. The van der Waals surface area contributed by atoms with Gasteiger partial charge in [-0.1, -0.05) is 13.0 Å². The van der Waals surface area contributed by atoms with Crippen LogP contribution in [0.25, 0.3) is 0 Å². The van der Waals surface area contributed by atoms with Gasteiger partial charge in [0.2, 0.25) is 10.0 Å². The van der Waals surface area contributed by atoms with Gasteiger partial charge in [0, 0.05) is 23.5 Å². The number of thiophene rings is 1. The Balaban J connectivity index is 1.89. The van der Waals surface area contributed by atoms with Crippen LogP contribution in [-0.2, 0) is 21.2 Å². The number of nitrogens with one attached hydrogen (secondary N) is 1. The van der Waals surface area contributed by atoms with Gasteiger partial charge in [0.15, 0.2) is 0 Å². The first kappa shape index (κ1) is 22.5. The summed E-state index contributed by atoms with van der Waals surface area (Å²) in [5.41, 5.74) is 1.43. The molecule has 1 N–H and O–H groups in total. The van der Waals surface area contributed by atoms with Crippen LogP contribution in [0.1, 0.15) is 57.8 Å². The first-order chi connectivity index (χ1) is 14.3. The largest absolute Gasteiger partial charge is 0.462 e. The molecule has 30 heavy (non-hydrogen) atoms. The van der Waals surface area contributed by atoms with E-state index in [9.17, 15) is 18.0 Å². The smallest absolute Gasteiger partial charge is 0.341 e. The molecule has 0 atom stereocenters. The molecule has 162 valence electrons. The second-order valence-electron chi connectivity index (χ2n) is 7.01. The van der Waals surface area contributed by atoms with Crippen LogP contribution < -0.4 is 5.32 Å². The van der Waals surface area contributed by atoms with Crippen molar-refractivity contribution in [1.29, 1.82) is 0 Å². The molecule has 0 bridgehead atoms. The third-order valence-electron chi connectivity index (χ3n) is 5.07. The van der Waals surface area contributed by atoms with E-state index in [0.29, 0.717) is 30.1 Å². The summed E-state index contributed by atoms with van der Waals surface area (Å²) < 4.78 is 32.2. The molecule has 0 aliphatic carbocycles. The minimum absolute atomic E-state index is 0.0965. The second kappa shape index (κ2) is 9.28. The topological polar surface area (TPSA) is 92.8 Å². The molecular formula is C21H26N2O5S2. The highest BCUT2D eigenvalue weighted by molar-refractivity contribution is 7.89. The Morgan fingerprint density at radius 3 is 2.53 bits per heavy atom. The summed E-state index contributed by atoms with van der Waals surface area (Å²) in [5, 5.41) is 3.20. The Bertz CT molecular complexity index is 1050. The van der Waals surface area contributed by atoms with Crippen LogP contribution in [0.3, 0.4) is 0 Å². The van der Waals surface area contributed by atoms with E-state index in [1.165, 1.54) is 27.8 Å². The monoisotopic (exact) mass is 450 g/mol. The molecule has 2 heterocycles. The molecular weight excluding hydrogens is 424 g/mol. The van der Waals surface area contributed by atoms with Crippen LogP contribution in [0.5, 0.6) is 0 Å².